The van der Waals surface area contributed by atoms with Crippen molar-refractivity contribution in [3.8, 4) is 5.75 Å². The molecule has 106 valence electrons. The van der Waals surface area contributed by atoms with Crippen molar-refractivity contribution in [2.45, 2.75) is 13.8 Å². The van der Waals surface area contributed by atoms with Crippen LogP contribution in [0, 0.1) is 13.8 Å². The van der Waals surface area contributed by atoms with E-state index in [4.69, 9.17) is 4.74 Å². The summed E-state index contributed by atoms with van der Waals surface area (Å²) >= 11 is 0. The molecule has 0 aliphatic heterocycles. The summed E-state index contributed by atoms with van der Waals surface area (Å²) in [6.07, 6.45) is 3.18. The number of hydrogen-bond donors (Lipinski definition) is 1. The van der Waals surface area contributed by atoms with E-state index >= 15 is 0 Å². The Bertz CT molecular complexity index is 600. The largest absolute Gasteiger partial charge is 0.495 e. The molecule has 0 aliphatic rings. The van der Waals surface area contributed by atoms with E-state index in [0.29, 0.717) is 17.0 Å². The quantitative estimate of drug-likeness (QED) is 0.943. The van der Waals surface area contributed by atoms with Gasteiger partial charge in [0, 0.05) is 18.0 Å². The van der Waals surface area contributed by atoms with Crippen LogP contribution < -0.4 is 10.1 Å². The zero-order valence-electron chi connectivity index (χ0n) is 11.6. The van der Waals surface area contributed by atoms with Crippen molar-refractivity contribution in [3.05, 3.63) is 53.3 Å². The number of pyridine rings is 1. The number of halogens is 1. The first-order valence-electron chi connectivity index (χ1n) is 5.98. The number of carbonyl (C=O) groups excluding carboxylic acids is 1. The van der Waals surface area contributed by atoms with Gasteiger partial charge in [-0.2, -0.15) is 0 Å². The lowest BCUT2D eigenvalue weighted by molar-refractivity contribution is 0.102. The summed E-state index contributed by atoms with van der Waals surface area (Å²) in [6.45, 7) is 3.93. The van der Waals surface area contributed by atoms with Crippen LogP contribution in [-0.2, 0) is 0 Å². The highest BCUT2D eigenvalue weighted by atomic mass is 35.5. The van der Waals surface area contributed by atoms with E-state index in [0.717, 1.165) is 11.1 Å². The number of amides is 1. The molecule has 0 saturated heterocycles. The number of benzene rings is 1. The average Bonchev–Trinajstić information content (AvgIpc) is 2.42. The maximum absolute atomic E-state index is 12.1. The Labute approximate surface area is 124 Å². The number of methoxy groups -OCH3 is 1. The van der Waals surface area contributed by atoms with Gasteiger partial charge in [0.2, 0.25) is 0 Å². The Kier molecular flexibility index (Phi) is 5.53. The summed E-state index contributed by atoms with van der Waals surface area (Å²) in [5.74, 6) is 0.493. The lowest BCUT2D eigenvalue weighted by Gasteiger charge is -2.14. The van der Waals surface area contributed by atoms with Crippen LogP contribution in [0.3, 0.4) is 0 Å². The molecule has 1 heterocycles. The van der Waals surface area contributed by atoms with Crippen molar-refractivity contribution >= 4 is 24.0 Å². The Balaban J connectivity index is 0.00000200. The van der Waals surface area contributed by atoms with E-state index in [2.05, 4.69) is 10.3 Å². The van der Waals surface area contributed by atoms with Crippen molar-refractivity contribution in [2.24, 2.45) is 0 Å². The first-order chi connectivity index (χ1) is 9.11. The fourth-order valence-electron chi connectivity index (χ4n) is 1.94. The van der Waals surface area contributed by atoms with Crippen molar-refractivity contribution in [1.29, 1.82) is 0 Å². The predicted molar refractivity (Wildman–Crippen MR) is 81.9 cm³/mol. The molecule has 2 rings (SSSR count). The molecule has 0 atom stereocenters. The molecule has 2 aromatic rings. The fraction of sp³-hybridized carbons (Fsp3) is 0.200. The molecular formula is C15H17ClN2O2. The van der Waals surface area contributed by atoms with Crippen molar-refractivity contribution in [2.75, 3.05) is 12.4 Å². The van der Waals surface area contributed by atoms with E-state index in [1.807, 2.05) is 26.0 Å². The summed E-state index contributed by atoms with van der Waals surface area (Å²) in [6, 6.07) is 7.25. The average molecular weight is 293 g/mol. The molecule has 4 nitrogen and oxygen atoms in total. The predicted octanol–water partition coefficient (Wildman–Crippen LogP) is 3.38. The van der Waals surface area contributed by atoms with Gasteiger partial charge < -0.3 is 10.1 Å². The number of nitrogens with one attached hydrogen (secondary N) is 1. The Morgan fingerprint density at radius 2 is 1.85 bits per heavy atom. The first-order valence-corrected chi connectivity index (χ1v) is 5.98. The SMILES string of the molecule is COc1cc(C)cc(C)c1NC(=O)c1ccncc1.Cl. The third-order valence-corrected chi connectivity index (χ3v) is 2.84. The number of rotatable bonds is 3. The van der Waals surface area contributed by atoms with E-state index < -0.39 is 0 Å². The molecule has 1 aromatic heterocycles. The summed E-state index contributed by atoms with van der Waals surface area (Å²) in [5.41, 5.74) is 3.34. The second kappa shape index (κ2) is 6.91. The highest BCUT2D eigenvalue weighted by Crippen LogP contribution is 2.30. The minimum Gasteiger partial charge on any atom is -0.495 e. The molecule has 0 saturated carbocycles. The summed E-state index contributed by atoms with van der Waals surface area (Å²) < 4.78 is 5.32. The van der Waals surface area contributed by atoms with Gasteiger partial charge in [-0.1, -0.05) is 6.07 Å². The summed E-state index contributed by atoms with van der Waals surface area (Å²) in [4.78, 5) is 16.0. The van der Waals surface area contributed by atoms with Crippen LogP contribution in [0.25, 0.3) is 0 Å². The van der Waals surface area contributed by atoms with E-state index in [1.54, 1.807) is 31.6 Å². The molecule has 1 aromatic carbocycles. The van der Waals surface area contributed by atoms with Crippen LogP contribution in [-0.4, -0.2) is 18.0 Å². The second-order valence-corrected chi connectivity index (χ2v) is 4.35. The van der Waals surface area contributed by atoms with E-state index in [1.165, 1.54) is 0 Å². The third kappa shape index (κ3) is 3.48. The maximum atomic E-state index is 12.1. The number of hydrogen-bond acceptors (Lipinski definition) is 3. The molecule has 1 amide bonds. The molecule has 0 spiro atoms. The van der Waals surface area contributed by atoms with E-state index in [-0.39, 0.29) is 18.3 Å². The molecule has 1 N–H and O–H groups in total. The van der Waals surface area contributed by atoms with Crippen molar-refractivity contribution in [3.63, 3.8) is 0 Å². The van der Waals surface area contributed by atoms with Crippen LogP contribution in [0.1, 0.15) is 21.5 Å². The Hall–Kier alpha value is -2.07. The van der Waals surface area contributed by atoms with Gasteiger partial charge in [0.05, 0.1) is 12.8 Å². The van der Waals surface area contributed by atoms with Gasteiger partial charge >= 0.3 is 0 Å². The highest BCUT2D eigenvalue weighted by molar-refractivity contribution is 6.05. The van der Waals surface area contributed by atoms with Crippen LogP contribution in [0.15, 0.2) is 36.7 Å². The van der Waals surface area contributed by atoms with Gasteiger partial charge in [0.1, 0.15) is 5.75 Å². The van der Waals surface area contributed by atoms with Gasteiger partial charge in [-0.25, -0.2) is 0 Å². The number of ether oxygens (including phenoxy) is 1. The lowest BCUT2D eigenvalue weighted by atomic mass is 10.1. The summed E-state index contributed by atoms with van der Waals surface area (Å²) in [5, 5.41) is 2.88. The second-order valence-electron chi connectivity index (χ2n) is 4.35. The summed E-state index contributed by atoms with van der Waals surface area (Å²) in [7, 11) is 1.59. The van der Waals surface area contributed by atoms with Crippen molar-refractivity contribution in [1.82, 2.24) is 4.98 Å². The van der Waals surface area contributed by atoms with Gasteiger partial charge in [0.25, 0.3) is 5.91 Å². The number of carbonyl (C=O) groups is 1. The van der Waals surface area contributed by atoms with Gasteiger partial charge in [-0.3, -0.25) is 9.78 Å². The molecule has 0 unspecified atom stereocenters. The monoisotopic (exact) mass is 292 g/mol. The highest BCUT2D eigenvalue weighted by Gasteiger charge is 2.12. The van der Waals surface area contributed by atoms with Crippen LogP contribution in [0.2, 0.25) is 0 Å². The molecule has 0 aliphatic carbocycles. The minimum atomic E-state index is -0.173. The van der Waals surface area contributed by atoms with Gasteiger partial charge in [0.15, 0.2) is 0 Å². The maximum Gasteiger partial charge on any atom is 0.255 e. The third-order valence-electron chi connectivity index (χ3n) is 2.84. The van der Waals surface area contributed by atoms with Crippen LogP contribution in [0.5, 0.6) is 5.75 Å². The van der Waals surface area contributed by atoms with Crippen LogP contribution >= 0.6 is 12.4 Å². The van der Waals surface area contributed by atoms with Crippen molar-refractivity contribution < 1.29 is 9.53 Å². The number of anilines is 1. The smallest absolute Gasteiger partial charge is 0.255 e. The molecule has 0 bridgehead atoms. The fourth-order valence-corrected chi connectivity index (χ4v) is 1.94. The standard InChI is InChI=1S/C15H16N2O2.ClH/c1-10-8-11(2)14(13(9-10)19-3)17-15(18)12-4-6-16-7-5-12;/h4-9H,1-3H3,(H,17,18);1H. The normalized spacial score (nSPS) is 9.55. The topological polar surface area (TPSA) is 51.2 Å². The zero-order chi connectivity index (χ0) is 13.8. The molecular weight excluding hydrogens is 276 g/mol. The number of nitrogens with zero attached hydrogens (tertiary/aromatic N) is 1. The number of aromatic nitrogens is 1. The van der Waals surface area contributed by atoms with E-state index in [9.17, 15) is 4.79 Å². The van der Waals surface area contributed by atoms with Crippen LogP contribution in [0.4, 0.5) is 5.69 Å². The Morgan fingerprint density at radius 3 is 2.45 bits per heavy atom. The molecule has 0 fully saturated rings. The molecule has 5 heteroatoms. The minimum absolute atomic E-state index is 0. The number of aryl methyl sites for hydroxylation is 2. The van der Waals surface area contributed by atoms with Gasteiger partial charge in [-0.15, -0.1) is 12.4 Å². The lowest BCUT2D eigenvalue weighted by Crippen LogP contribution is -2.13. The first kappa shape index (κ1) is 16.0. The van der Waals surface area contributed by atoms with Gasteiger partial charge in [-0.05, 0) is 43.2 Å². The Morgan fingerprint density at radius 1 is 1.20 bits per heavy atom. The zero-order valence-corrected chi connectivity index (χ0v) is 12.5. The molecule has 20 heavy (non-hydrogen) atoms. The molecule has 0 radical (unpaired) electrons.